The van der Waals surface area contributed by atoms with Gasteiger partial charge in [0.25, 0.3) is 11.6 Å². The molecular formula is C9H7ClF3N3O3S. The van der Waals surface area contributed by atoms with Crippen LogP contribution in [-0.4, -0.2) is 33.6 Å². The number of nitrogens with one attached hydrogen (secondary N) is 1. The maximum absolute atomic E-state index is 11.9. The molecule has 11 heteroatoms. The van der Waals surface area contributed by atoms with E-state index in [0.717, 1.165) is 12.3 Å². The number of hydrogen-bond donors (Lipinski definition) is 1. The molecule has 1 heterocycles. The number of pyridine rings is 1. The molecule has 0 aromatic carbocycles. The fraction of sp³-hybridized carbons (Fsp3) is 0.333. The van der Waals surface area contributed by atoms with Crippen molar-refractivity contribution in [3.05, 3.63) is 33.1 Å². The van der Waals surface area contributed by atoms with Crippen LogP contribution in [0.25, 0.3) is 0 Å². The van der Waals surface area contributed by atoms with Crippen molar-refractivity contribution in [2.75, 3.05) is 12.3 Å². The van der Waals surface area contributed by atoms with Crippen LogP contribution in [0.15, 0.2) is 12.3 Å². The average molecular weight is 330 g/mol. The zero-order valence-corrected chi connectivity index (χ0v) is 11.2. The van der Waals surface area contributed by atoms with E-state index in [4.69, 9.17) is 11.6 Å². The molecule has 1 N–H and O–H groups in total. The fourth-order valence-electron chi connectivity index (χ4n) is 1.12. The van der Waals surface area contributed by atoms with E-state index in [1.807, 2.05) is 0 Å². The number of amides is 1. The van der Waals surface area contributed by atoms with Gasteiger partial charge in [-0.1, -0.05) is 11.6 Å². The highest BCUT2D eigenvalue weighted by Gasteiger charge is 2.27. The molecule has 0 saturated heterocycles. The highest BCUT2D eigenvalue weighted by Crippen LogP contribution is 2.29. The highest BCUT2D eigenvalue weighted by atomic mass is 35.5. The summed E-state index contributed by atoms with van der Waals surface area (Å²) >= 11 is 5.31. The Morgan fingerprint density at radius 1 is 1.55 bits per heavy atom. The molecular weight excluding hydrogens is 323 g/mol. The minimum absolute atomic E-state index is 0.262. The molecule has 110 valence electrons. The van der Waals surface area contributed by atoms with Crippen LogP contribution in [0.2, 0.25) is 5.15 Å². The van der Waals surface area contributed by atoms with Gasteiger partial charge in [-0.05, 0) is 11.8 Å². The van der Waals surface area contributed by atoms with Gasteiger partial charge in [0.15, 0.2) is 0 Å². The maximum Gasteiger partial charge on any atom is 0.441 e. The van der Waals surface area contributed by atoms with Crippen molar-refractivity contribution in [1.29, 1.82) is 0 Å². The standard InChI is InChI=1S/C9H7ClF3N3O3S/c10-7-6(3-5(4-15-7)16(18)19)8(17)14-1-2-20-9(11,12)13/h3-4H,1-2H2,(H,14,17). The predicted octanol–water partition coefficient (Wildman–Crippen LogP) is 2.63. The average Bonchev–Trinajstić information content (AvgIpc) is 2.33. The molecule has 1 amide bonds. The predicted molar refractivity (Wildman–Crippen MR) is 66.7 cm³/mol. The minimum Gasteiger partial charge on any atom is -0.351 e. The van der Waals surface area contributed by atoms with E-state index >= 15 is 0 Å². The first-order valence-electron chi connectivity index (χ1n) is 4.99. The number of thioether (sulfide) groups is 1. The Hall–Kier alpha value is -1.55. The second kappa shape index (κ2) is 6.75. The van der Waals surface area contributed by atoms with Gasteiger partial charge in [-0.3, -0.25) is 14.9 Å². The Balaban J connectivity index is 2.63. The summed E-state index contributed by atoms with van der Waals surface area (Å²) in [5, 5.41) is 12.4. The second-order valence-electron chi connectivity index (χ2n) is 3.34. The molecule has 0 aliphatic carbocycles. The lowest BCUT2D eigenvalue weighted by Crippen LogP contribution is -2.27. The van der Waals surface area contributed by atoms with Crippen LogP contribution >= 0.6 is 23.4 Å². The Bertz CT molecular complexity index is 527. The van der Waals surface area contributed by atoms with Crippen LogP contribution in [-0.2, 0) is 0 Å². The SMILES string of the molecule is O=C(NCCSC(F)(F)F)c1cc([N+](=O)[O-])cnc1Cl. The molecule has 6 nitrogen and oxygen atoms in total. The number of nitro groups is 1. The number of hydrogen-bond acceptors (Lipinski definition) is 5. The first kappa shape index (κ1) is 16.5. The molecule has 0 spiro atoms. The molecule has 1 aromatic heterocycles. The molecule has 1 aromatic rings. The minimum atomic E-state index is -4.38. The van der Waals surface area contributed by atoms with Crippen molar-refractivity contribution in [3.63, 3.8) is 0 Å². The van der Waals surface area contributed by atoms with E-state index in [-0.39, 0.29) is 34.8 Å². The van der Waals surface area contributed by atoms with Crippen molar-refractivity contribution in [2.24, 2.45) is 0 Å². The Morgan fingerprint density at radius 2 is 2.20 bits per heavy atom. The summed E-state index contributed by atoms with van der Waals surface area (Å²) in [4.78, 5) is 24.8. The van der Waals surface area contributed by atoms with Crippen LogP contribution < -0.4 is 5.32 Å². The molecule has 1 rings (SSSR count). The zero-order chi connectivity index (χ0) is 15.3. The summed E-state index contributed by atoms with van der Waals surface area (Å²) < 4.78 is 35.6. The van der Waals surface area contributed by atoms with Crippen molar-refractivity contribution < 1.29 is 22.9 Å². The number of halogens is 4. The lowest BCUT2D eigenvalue weighted by atomic mass is 10.2. The van der Waals surface area contributed by atoms with Crippen molar-refractivity contribution >= 4 is 35.0 Å². The fourth-order valence-corrected chi connectivity index (χ4v) is 1.75. The van der Waals surface area contributed by atoms with Crippen molar-refractivity contribution in [1.82, 2.24) is 10.3 Å². The Labute approximate surface area is 119 Å². The molecule has 0 saturated carbocycles. The van der Waals surface area contributed by atoms with Gasteiger partial charge in [0, 0.05) is 18.4 Å². The lowest BCUT2D eigenvalue weighted by molar-refractivity contribution is -0.385. The summed E-state index contributed by atoms with van der Waals surface area (Å²) in [6.45, 7) is -0.262. The van der Waals surface area contributed by atoms with Crippen molar-refractivity contribution in [3.8, 4) is 0 Å². The molecule has 0 aliphatic heterocycles. The van der Waals surface area contributed by atoms with E-state index < -0.39 is 22.0 Å². The van der Waals surface area contributed by atoms with Crippen LogP contribution in [0.4, 0.5) is 18.9 Å². The number of alkyl halides is 3. The summed E-state index contributed by atoms with van der Waals surface area (Å²) in [7, 11) is 0. The van der Waals surface area contributed by atoms with Crippen molar-refractivity contribution in [2.45, 2.75) is 5.51 Å². The third kappa shape index (κ3) is 5.21. The first-order chi connectivity index (χ1) is 9.20. The number of aromatic nitrogens is 1. The van der Waals surface area contributed by atoms with Gasteiger partial charge in [-0.15, -0.1) is 0 Å². The van der Waals surface area contributed by atoms with Gasteiger partial charge < -0.3 is 5.32 Å². The zero-order valence-electron chi connectivity index (χ0n) is 9.61. The smallest absolute Gasteiger partial charge is 0.351 e. The van der Waals surface area contributed by atoms with Gasteiger partial charge >= 0.3 is 5.51 Å². The van der Waals surface area contributed by atoms with E-state index in [1.165, 1.54) is 0 Å². The normalized spacial score (nSPS) is 11.2. The van der Waals surface area contributed by atoms with Gasteiger partial charge in [0.1, 0.15) is 11.3 Å². The molecule has 0 atom stereocenters. The van der Waals surface area contributed by atoms with E-state index in [9.17, 15) is 28.1 Å². The van der Waals surface area contributed by atoms with Gasteiger partial charge in [0.2, 0.25) is 0 Å². The van der Waals surface area contributed by atoms with Crippen LogP contribution in [0.5, 0.6) is 0 Å². The summed E-state index contributed by atoms with van der Waals surface area (Å²) in [5.41, 5.74) is -5.09. The quantitative estimate of drug-likeness (QED) is 0.388. The summed E-state index contributed by atoms with van der Waals surface area (Å²) in [5.74, 6) is -1.20. The number of rotatable bonds is 5. The summed E-state index contributed by atoms with van der Waals surface area (Å²) in [6, 6.07) is 0.904. The largest absolute Gasteiger partial charge is 0.441 e. The van der Waals surface area contributed by atoms with Crippen LogP contribution in [0, 0.1) is 10.1 Å². The molecule has 0 aliphatic rings. The van der Waals surface area contributed by atoms with E-state index in [2.05, 4.69) is 10.3 Å². The van der Waals surface area contributed by atoms with E-state index in [0.29, 0.717) is 0 Å². The summed E-state index contributed by atoms with van der Waals surface area (Å²) in [6.07, 6.45) is 0.874. The molecule has 0 radical (unpaired) electrons. The van der Waals surface area contributed by atoms with Gasteiger partial charge in [-0.2, -0.15) is 13.2 Å². The molecule has 0 unspecified atom stereocenters. The first-order valence-corrected chi connectivity index (χ1v) is 6.36. The molecule has 0 bridgehead atoms. The Morgan fingerprint density at radius 3 is 2.75 bits per heavy atom. The van der Waals surface area contributed by atoms with Crippen LogP contribution in [0.3, 0.4) is 0 Å². The highest BCUT2D eigenvalue weighted by molar-refractivity contribution is 8.00. The number of nitrogens with zero attached hydrogens (tertiary/aromatic N) is 2. The third-order valence-corrected chi connectivity index (χ3v) is 2.97. The van der Waals surface area contributed by atoms with E-state index in [1.54, 1.807) is 0 Å². The molecule has 0 fully saturated rings. The third-order valence-electron chi connectivity index (χ3n) is 1.93. The monoisotopic (exact) mass is 329 g/mol. The Kier molecular flexibility index (Phi) is 5.57. The van der Waals surface area contributed by atoms with Gasteiger partial charge in [-0.25, -0.2) is 4.98 Å². The second-order valence-corrected chi connectivity index (χ2v) is 4.86. The van der Waals surface area contributed by atoms with Crippen LogP contribution in [0.1, 0.15) is 10.4 Å². The van der Waals surface area contributed by atoms with Gasteiger partial charge in [0.05, 0.1) is 10.5 Å². The maximum atomic E-state index is 11.9. The lowest BCUT2D eigenvalue weighted by Gasteiger charge is -2.07. The molecule has 20 heavy (non-hydrogen) atoms. The number of carbonyl (C=O) groups is 1. The topological polar surface area (TPSA) is 85.1 Å². The number of carbonyl (C=O) groups excluding carboxylic acids is 1.